The zero-order valence-corrected chi connectivity index (χ0v) is 25.8. The van der Waals surface area contributed by atoms with E-state index >= 15 is 0 Å². The largest absolute Gasteiger partial charge is 0.483 e. The van der Waals surface area contributed by atoms with Crippen LogP contribution in [0.1, 0.15) is 45.8 Å². The number of aryl methyl sites for hydroxylation is 1. The van der Waals surface area contributed by atoms with Crippen LogP contribution in [0.15, 0.2) is 30.3 Å². The second-order valence-corrected chi connectivity index (χ2v) is 11.9. The molecule has 5 rings (SSSR count). The number of benzene rings is 1. The van der Waals surface area contributed by atoms with Crippen molar-refractivity contribution in [2.75, 3.05) is 39.4 Å². The molecule has 1 atom stereocenters. The summed E-state index contributed by atoms with van der Waals surface area (Å²) in [5, 5.41) is 13.5. The summed E-state index contributed by atoms with van der Waals surface area (Å²) in [4.78, 5) is 77.9. The summed E-state index contributed by atoms with van der Waals surface area (Å²) >= 11 is 1.56. The first-order chi connectivity index (χ1) is 21.6. The number of hydrogen-bond donors (Lipinski definition) is 2. The number of pyridine rings is 1. The van der Waals surface area contributed by atoms with Gasteiger partial charge in [0, 0.05) is 48.9 Å². The Labute approximate surface area is 262 Å². The highest BCUT2D eigenvalue weighted by atomic mass is 32.1. The van der Waals surface area contributed by atoms with Crippen LogP contribution >= 0.6 is 11.3 Å². The Morgan fingerprint density at radius 3 is 2.47 bits per heavy atom. The highest BCUT2D eigenvalue weighted by Gasteiger charge is 2.32. The molecule has 15 heteroatoms. The monoisotopic (exact) mass is 638 g/mol. The number of aromatic nitrogens is 2. The maximum Gasteiger partial charge on any atom is 0.409 e. The van der Waals surface area contributed by atoms with Crippen molar-refractivity contribution in [3.63, 3.8) is 0 Å². The summed E-state index contributed by atoms with van der Waals surface area (Å²) in [6.45, 7) is 5.40. The SMILES string of the molecule is CCOC(=O)N1CCN(C(=O)C(CCC(=O)O)NC(=O)c2cc(OCC(=O)N3Cc4nc(C)sc4C3)c3ccccc3n2)CC1. The van der Waals surface area contributed by atoms with Crippen molar-refractivity contribution in [2.24, 2.45) is 0 Å². The molecule has 1 unspecified atom stereocenters. The Morgan fingerprint density at radius 1 is 1.02 bits per heavy atom. The van der Waals surface area contributed by atoms with Crippen LogP contribution in [0.2, 0.25) is 0 Å². The molecule has 2 N–H and O–H groups in total. The second kappa shape index (κ2) is 13.9. The predicted octanol–water partition coefficient (Wildman–Crippen LogP) is 2.18. The number of rotatable bonds is 10. The van der Waals surface area contributed by atoms with Crippen LogP contribution in [0.4, 0.5) is 4.79 Å². The van der Waals surface area contributed by atoms with Gasteiger partial charge in [-0.1, -0.05) is 12.1 Å². The van der Waals surface area contributed by atoms with Crippen LogP contribution in [0, 0.1) is 6.92 Å². The molecule has 1 saturated heterocycles. The van der Waals surface area contributed by atoms with Crippen molar-refractivity contribution in [1.82, 2.24) is 30.0 Å². The number of carbonyl (C=O) groups is 5. The predicted molar refractivity (Wildman–Crippen MR) is 162 cm³/mol. The Morgan fingerprint density at radius 2 is 1.76 bits per heavy atom. The van der Waals surface area contributed by atoms with Crippen molar-refractivity contribution in [3.05, 3.63) is 51.6 Å². The topological polar surface area (TPSA) is 172 Å². The van der Waals surface area contributed by atoms with Gasteiger partial charge in [-0.3, -0.25) is 19.2 Å². The smallest absolute Gasteiger partial charge is 0.409 e. The van der Waals surface area contributed by atoms with E-state index in [4.69, 9.17) is 9.47 Å². The van der Waals surface area contributed by atoms with E-state index in [1.54, 1.807) is 47.4 Å². The molecule has 4 amide bonds. The van der Waals surface area contributed by atoms with Crippen LogP contribution < -0.4 is 10.1 Å². The molecule has 3 aromatic rings. The zero-order valence-electron chi connectivity index (χ0n) is 25.0. The Kier molecular flexibility index (Phi) is 9.76. The third kappa shape index (κ3) is 7.48. The number of carboxylic acids is 1. The summed E-state index contributed by atoms with van der Waals surface area (Å²) < 4.78 is 11.0. The number of aliphatic carboxylic acids is 1. The van der Waals surface area contributed by atoms with Gasteiger partial charge < -0.3 is 34.6 Å². The van der Waals surface area contributed by atoms with Gasteiger partial charge in [-0.2, -0.15) is 0 Å². The van der Waals surface area contributed by atoms with Gasteiger partial charge in [0.05, 0.1) is 35.9 Å². The number of nitrogens with zero attached hydrogens (tertiary/aromatic N) is 5. The van der Waals surface area contributed by atoms with Crippen LogP contribution in [-0.4, -0.2) is 105 Å². The minimum Gasteiger partial charge on any atom is -0.483 e. The highest BCUT2D eigenvalue weighted by molar-refractivity contribution is 7.11. The van der Waals surface area contributed by atoms with Gasteiger partial charge in [-0.25, -0.2) is 14.8 Å². The highest BCUT2D eigenvalue weighted by Crippen LogP contribution is 2.29. The lowest BCUT2D eigenvalue weighted by Gasteiger charge is -2.35. The Hall–Kier alpha value is -4.79. The molecule has 45 heavy (non-hydrogen) atoms. The molecule has 0 saturated carbocycles. The van der Waals surface area contributed by atoms with Gasteiger partial charge in [0.2, 0.25) is 5.91 Å². The Bertz CT molecular complexity index is 1600. The van der Waals surface area contributed by atoms with Crippen LogP contribution in [-0.2, 0) is 32.2 Å². The third-order valence-electron chi connectivity index (χ3n) is 7.54. The number of thiazole rings is 1. The van der Waals surface area contributed by atoms with Crippen LogP contribution in [0.5, 0.6) is 5.75 Å². The van der Waals surface area contributed by atoms with Crippen molar-refractivity contribution in [3.8, 4) is 5.75 Å². The third-order valence-corrected chi connectivity index (χ3v) is 8.54. The standard InChI is InChI=1S/C30H34N6O8S/c1-3-43-30(42)35-12-10-34(11-13-35)29(41)21(8-9-27(38)39)33-28(40)22-14-24(19-6-4-5-7-20(19)32-22)44-17-26(37)36-15-23-25(16-36)45-18(2)31-23/h4-7,14,21H,3,8-13,15-17H2,1-2H3,(H,33,40)(H,38,39). The summed E-state index contributed by atoms with van der Waals surface area (Å²) in [6, 6.07) is 7.26. The van der Waals surface area contributed by atoms with Gasteiger partial charge in [0.15, 0.2) is 6.61 Å². The first-order valence-corrected chi connectivity index (χ1v) is 15.4. The van der Waals surface area contributed by atoms with Gasteiger partial charge in [-0.15, -0.1) is 11.3 Å². The molecule has 0 spiro atoms. The number of amides is 4. The molecule has 1 fully saturated rings. The number of para-hydroxylation sites is 1. The van der Waals surface area contributed by atoms with E-state index in [1.165, 1.54) is 15.9 Å². The molecular weight excluding hydrogens is 604 g/mol. The van der Waals surface area contributed by atoms with Crippen molar-refractivity contribution in [2.45, 2.75) is 45.8 Å². The molecule has 1 aromatic carbocycles. The maximum atomic E-state index is 13.5. The summed E-state index contributed by atoms with van der Waals surface area (Å²) in [5.41, 5.74) is 1.28. The zero-order chi connectivity index (χ0) is 32.1. The summed E-state index contributed by atoms with van der Waals surface area (Å²) in [5.74, 6) is -2.23. The molecule has 0 bridgehead atoms. The van der Waals surface area contributed by atoms with E-state index in [-0.39, 0.29) is 69.6 Å². The summed E-state index contributed by atoms with van der Waals surface area (Å²) in [6.07, 6.45) is -0.954. The van der Waals surface area contributed by atoms with E-state index < -0.39 is 29.9 Å². The number of fused-ring (bicyclic) bond motifs is 2. The maximum absolute atomic E-state index is 13.5. The minimum atomic E-state index is -1.14. The lowest BCUT2D eigenvalue weighted by atomic mass is 10.1. The molecule has 2 aliphatic heterocycles. The fourth-order valence-corrected chi connectivity index (χ4v) is 6.22. The van der Waals surface area contributed by atoms with Crippen LogP contribution in [0.3, 0.4) is 0 Å². The number of carboxylic acid groups (broad SMARTS) is 1. The lowest BCUT2D eigenvalue weighted by Crippen LogP contribution is -2.56. The molecule has 0 aliphatic carbocycles. The normalized spacial score (nSPS) is 15.0. The van der Waals surface area contributed by atoms with Gasteiger partial charge in [0.1, 0.15) is 17.5 Å². The van der Waals surface area contributed by atoms with E-state index in [0.29, 0.717) is 24.0 Å². The average Bonchev–Trinajstić information content (AvgIpc) is 3.59. The van der Waals surface area contributed by atoms with E-state index in [1.807, 2.05) is 6.92 Å². The molecule has 0 radical (unpaired) electrons. The molecule has 4 heterocycles. The van der Waals surface area contributed by atoms with E-state index in [9.17, 15) is 29.1 Å². The number of ether oxygens (including phenoxy) is 2. The first-order valence-electron chi connectivity index (χ1n) is 14.6. The fraction of sp³-hybridized carbons (Fsp3) is 0.433. The van der Waals surface area contributed by atoms with Crippen molar-refractivity contribution >= 4 is 52.0 Å². The van der Waals surface area contributed by atoms with Crippen molar-refractivity contribution < 1.29 is 38.6 Å². The lowest BCUT2D eigenvalue weighted by molar-refractivity contribution is -0.138. The van der Waals surface area contributed by atoms with Gasteiger partial charge in [0.25, 0.3) is 11.8 Å². The van der Waals surface area contributed by atoms with E-state index in [0.717, 1.165) is 15.6 Å². The van der Waals surface area contributed by atoms with E-state index in [2.05, 4.69) is 15.3 Å². The number of piperazine rings is 1. The number of nitrogens with one attached hydrogen (secondary N) is 1. The molecule has 238 valence electrons. The number of carbonyl (C=O) groups excluding carboxylic acids is 4. The number of hydrogen-bond acceptors (Lipinski definition) is 10. The van der Waals surface area contributed by atoms with Gasteiger partial charge in [-0.05, 0) is 32.4 Å². The molecular formula is C30H34N6O8S. The molecule has 14 nitrogen and oxygen atoms in total. The second-order valence-electron chi connectivity index (χ2n) is 10.6. The first kappa shape index (κ1) is 31.6. The van der Waals surface area contributed by atoms with Crippen LogP contribution in [0.25, 0.3) is 10.9 Å². The Balaban J connectivity index is 1.28. The minimum absolute atomic E-state index is 0.0561. The average molecular weight is 639 g/mol. The quantitative estimate of drug-likeness (QED) is 0.335. The molecule has 2 aromatic heterocycles. The fourth-order valence-electron chi connectivity index (χ4n) is 5.26. The summed E-state index contributed by atoms with van der Waals surface area (Å²) in [7, 11) is 0. The van der Waals surface area contributed by atoms with Gasteiger partial charge >= 0.3 is 12.1 Å². The van der Waals surface area contributed by atoms with Crippen molar-refractivity contribution in [1.29, 1.82) is 0 Å². The molecule has 2 aliphatic rings.